The average molecular weight is 423 g/mol. The zero-order valence-electron chi connectivity index (χ0n) is 18.6. The van der Waals surface area contributed by atoms with Crippen LogP contribution in [0, 0.1) is 5.92 Å². The highest BCUT2D eigenvalue weighted by Crippen LogP contribution is 2.33. The molecule has 31 heavy (non-hydrogen) atoms. The van der Waals surface area contributed by atoms with Crippen LogP contribution < -0.4 is 15.8 Å². The molecule has 1 fully saturated rings. The van der Waals surface area contributed by atoms with Gasteiger partial charge in [-0.15, -0.1) is 0 Å². The molecule has 2 aromatic carbocycles. The zero-order chi connectivity index (χ0) is 22.2. The maximum absolute atomic E-state index is 12.5. The van der Waals surface area contributed by atoms with Crippen LogP contribution in [-0.4, -0.2) is 18.4 Å². The lowest BCUT2D eigenvalue weighted by molar-refractivity contribution is -0.124. The van der Waals surface area contributed by atoms with Gasteiger partial charge in [0.2, 0.25) is 5.91 Å². The number of nitrogens with two attached hydrogens (primary N) is 1. The monoisotopic (exact) mass is 422 g/mol. The van der Waals surface area contributed by atoms with Crippen molar-refractivity contribution in [2.75, 3.05) is 6.61 Å². The fraction of sp³-hybridized carbons (Fsp3) is 0.462. The molecule has 3 N–H and O–H groups in total. The molecule has 0 heterocycles. The largest absolute Gasteiger partial charge is 0.484 e. The summed E-state index contributed by atoms with van der Waals surface area (Å²) in [5.74, 6) is 0.993. The molecule has 1 unspecified atom stereocenters. The van der Waals surface area contributed by atoms with Crippen LogP contribution >= 0.6 is 0 Å². The van der Waals surface area contributed by atoms with Crippen molar-refractivity contribution in [3.05, 3.63) is 65.2 Å². The molecular formula is C26H34N2O3. The van der Waals surface area contributed by atoms with Crippen molar-refractivity contribution in [1.29, 1.82) is 0 Å². The Labute approximate surface area is 185 Å². The Hall–Kier alpha value is -2.82. The van der Waals surface area contributed by atoms with E-state index in [0.29, 0.717) is 11.7 Å². The predicted octanol–water partition coefficient (Wildman–Crippen LogP) is 4.65. The molecule has 2 amide bonds. The van der Waals surface area contributed by atoms with E-state index in [0.717, 1.165) is 11.1 Å². The van der Waals surface area contributed by atoms with Crippen molar-refractivity contribution >= 4 is 11.8 Å². The number of rotatable bonds is 9. The van der Waals surface area contributed by atoms with Crippen molar-refractivity contribution in [2.24, 2.45) is 11.7 Å². The van der Waals surface area contributed by atoms with Gasteiger partial charge in [0.1, 0.15) is 5.75 Å². The van der Waals surface area contributed by atoms with E-state index >= 15 is 0 Å². The van der Waals surface area contributed by atoms with Crippen molar-refractivity contribution < 1.29 is 14.3 Å². The van der Waals surface area contributed by atoms with Crippen LogP contribution in [0.4, 0.5) is 0 Å². The van der Waals surface area contributed by atoms with E-state index in [1.54, 1.807) is 24.3 Å². The van der Waals surface area contributed by atoms with E-state index < -0.39 is 0 Å². The van der Waals surface area contributed by atoms with E-state index in [2.05, 4.69) is 43.4 Å². The third kappa shape index (κ3) is 6.84. The number of hydrogen-bond acceptors (Lipinski definition) is 3. The van der Waals surface area contributed by atoms with Crippen molar-refractivity contribution in [3.63, 3.8) is 0 Å². The molecule has 1 atom stereocenters. The Balaban J connectivity index is 1.55. The van der Waals surface area contributed by atoms with Crippen molar-refractivity contribution in [2.45, 2.75) is 64.3 Å². The molecular weight excluding hydrogens is 388 g/mol. The quantitative estimate of drug-likeness (QED) is 0.617. The Bertz CT molecular complexity index is 853. The lowest BCUT2D eigenvalue weighted by atomic mass is 9.83. The minimum absolute atomic E-state index is 0.0570. The van der Waals surface area contributed by atoms with Crippen LogP contribution in [0.2, 0.25) is 0 Å². The molecule has 0 radical (unpaired) electrons. The van der Waals surface area contributed by atoms with Crippen molar-refractivity contribution in [1.82, 2.24) is 5.32 Å². The summed E-state index contributed by atoms with van der Waals surface area (Å²) < 4.78 is 5.61. The second-order valence-electron chi connectivity index (χ2n) is 8.87. The van der Waals surface area contributed by atoms with Gasteiger partial charge in [-0.05, 0) is 53.5 Å². The van der Waals surface area contributed by atoms with Crippen LogP contribution in [-0.2, 0) is 16.0 Å². The normalized spacial score (nSPS) is 15.5. The number of primary amides is 1. The molecule has 166 valence electrons. The van der Waals surface area contributed by atoms with Gasteiger partial charge in [0.25, 0.3) is 5.91 Å². The maximum atomic E-state index is 12.5. The summed E-state index contributed by atoms with van der Waals surface area (Å²) in [5.41, 5.74) is 8.56. The summed E-state index contributed by atoms with van der Waals surface area (Å²) in [6.07, 6.45) is 6.76. The second-order valence-corrected chi connectivity index (χ2v) is 8.87. The highest BCUT2D eigenvalue weighted by molar-refractivity contribution is 5.78. The van der Waals surface area contributed by atoms with Gasteiger partial charge in [0.15, 0.2) is 6.61 Å². The topological polar surface area (TPSA) is 81.4 Å². The first-order chi connectivity index (χ1) is 14.9. The minimum atomic E-state index is -0.375. The summed E-state index contributed by atoms with van der Waals surface area (Å²) in [7, 11) is 0. The summed E-state index contributed by atoms with van der Waals surface area (Å²) in [4.78, 5) is 23.5. The first kappa shape index (κ1) is 22.9. The van der Waals surface area contributed by atoms with Crippen LogP contribution in [0.25, 0.3) is 0 Å². The van der Waals surface area contributed by atoms with Gasteiger partial charge in [-0.3, -0.25) is 9.59 Å². The molecule has 5 nitrogen and oxygen atoms in total. The molecule has 1 aliphatic carbocycles. The molecule has 5 heteroatoms. The lowest BCUT2D eigenvalue weighted by Gasteiger charge is -2.25. The van der Waals surface area contributed by atoms with Gasteiger partial charge in [-0.2, -0.15) is 0 Å². The van der Waals surface area contributed by atoms with E-state index in [9.17, 15) is 9.59 Å². The van der Waals surface area contributed by atoms with Crippen LogP contribution in [0.3, 0.4) is 0 Å². The molecule has 1 aliphatic rings. The molecule has 0 aromatic heterocycles. The lowest BCUT2D eigenvalue weighted by Crippen LogP contribution is -2.35. The molecule has 3 rings (SSSR count). The van der Waals surface area contributed by atoms with Gasteiger partial charge in [0, 0.05) is 0 Å². The Morgan fingerprint density at radius 1 is 1.00 bits per heavy atom. The number of carbonyl (C=O) groups excluding carboxylic acids is 2. The third-order valence-electron chi connectivity index (χ3n) is 6.03. The fourth-order valence-corrected chi connectivity index (χ4v) is 4.32. The first-order valence-electron chi connectivity index (χ1n) is 11.3. The number of nitrogens with one attached hydrogen (secondary N) is 1. The van der Waals surface area contributed by atoms with E-state index in [-0.39, 0.29) is 36.8 Å². The van der Waals surface area contributed by atoms with Gasteiger partial charge in [-0.25, -0.2) is 0 Å². The third-order valence-corrected chi connectivity index (χ3v) is 6.03. The van der Waals surface area contributed by atoms with E-state index in [4.69, 9.17) is 10.5 Å². The molecule has 1 saturated carbocycles. The first-order valence-corrected chi connectivity index (χ1v) is 11.3. The van der Waals surface area contributed by atoms with Gasteiger partial charge in [0.05, 0.1) is 12.5 Å². The van der Waals surface area contributed by atoms with E-state index in [1.807, 2.05) is 0 Å². The number of hydrogen-bond donors (Lipinski definition) is 2. The summed E-state index contributed by atoms with van der Waals surface area (Å²) >= 11 is 0. The highest BCUT2D eigenvalue weighted by atomic mass is 16.5. The summed E-state index contributed by atoms with van der Waals surface area (Å²) in [6, 6.07) is 15.8. The van der Waals surface area contributed by atoms with E-state index in [1.165, 1.54) is 37.7 Å². The summed E-state index contributed by atoms with van der Waals surface area (Å²) in [6.45, 7) is 4.16. The summed E-state index contributed by atoms with van der Waals surface area (Å²) in [5, 5.41) is 3.11. The number of carbonyl (C=O) groups is 2. The van der Waals surface area contributed by atoms with Gasteiger partial charge < -0.3 is 15.8 Å². The average Bonchev–Trinajstić information content (AvgIpc) is 2.77. The molecule has 0 saturated heterocycles. The van der Waals surface area contributed by atoms with Crippen LogP contribution in [0.1, 0.15) is 74.6 Å². The minimum Gasteiger partial charge on any atom is -0.484 e. The number of benzene rings is 2. The highest BCUT2D eigenvalue weighted by Gasteiger charge is 2.20. The predicted molar refractivity (Wildman–Crippen MR) is 123 cm³/mol. The number of amides is 2. The zero-order valence-corrected chi connectivity index (χ0v) is 18.6. The standard InChI is InChI=1S/C26H34N2O3/c1-18(2)26(22-12-10-21(11-13-22)20-6-4-3-5-7-20)28-25(30)17-31-23-14-8-19(9-15-23)16-24(27)29/h8-15,18,20,26H,3-7,16-17H2,1-2H3,(H2,27,29)(H,28,30). The SMILES string of the molecule is CC(C)C(NC(=O)COc1ccc(CC(N)=O)cc1)c1ccc(C2CCCCC2)cc1. The maximum Gasteiger partial charge on any atom is 0.258 e. The number of ether oxygens (including phenoxy) is 1. The fourth-order valence-electron chi connectivity index (χ4n) is 4.32. The Morgan fingerprint density at radius 3 is 2.23 bits per heavy atom. The Morgan fingerprint density at radius 2 is 1.65 bits per heavy atom. The molecule has 0 bridgehead atoms. The van der Waals surface area contributed by atoms with Crippen LogP contribution in [0.15, 0.2) is 48.5 Å². The van der Waals surface area contributed by atoms with Gasteiger partial charge in [-0.1, -0.05) is 69.5 Å². The van der Waals surface area contributed by atoms with Gasteiger partial charge >= 0.3 is 0 Å². The Kier molecular flexibility index (Phi) is 8.10. The molecule has 0 spiro atoms. The smallest absolute Gasteiger partial charge is 0.258 e. The molecule has 0 aliphatic heterocycles. The van der Waals surface area contributed by atoms with Crippen LogP contribution in [0.5, 0.6) is 5.75 Å². The second kappa shape index (κ2) is 11.0. The molecule has 2 aromatic rings. The van der Waals surface area contributed by atoms with Crippen molar-refractivity contribution in [3.8, 4) is 5.75 Å².